The summed E-state index contributed by atoms with van der Waals surface area (Å²) in [6.45, 7) is 0.510. The third kappa shape index (κ3) is 3.82. The lowest BCUT2D eigenvalue weighted by Crippen LogP contribution is -2.69. The molecule has 2 aliphatic heterocycles. The van der Waals surface area contributed by atoms with Gasteiger partial charge in [0.15, 0.2) is 0 Å². The van der Waals surface area contributed by atoms with Gasteiger partial charge in [-0.25, -0.2) is 4.90 Å². The Morgan fingerprint density at radius 2 is 1.00 bits per heavy atom. The van der Waals surface area contributed by atoms with E-state index in [1.54, 1.807) is 6.92 Å². The summed E-state index contributed by atoms with van der Waals surface area (Å²) in [5.74, 6) is 0. The average molecular weight is 369 g/mol. The molecule has 8 N–H and O–H groups in total. The number of ether oxygens (including phenoxy) is 2. The minimum Gasteiger partial charge on any atom is -0.394 e. The smallest absolute Gasteiger partial charge is 0.142 e. The fourth-order valence-corrected chi connectivity index (χ4v) is 3.22. The van der Waals surface area contributed by atoms with E-state index in [-0.39, 0.29) is 6.54 Å². The number of hydrogen-bond donors (Lipinski definition) is 8. The molecule has 0 aliphatic carbocycles. The molecule has 0 spiro atoms. The van der Waals surface area contributed by atoms with Crippen LogP contribution in [0.1, 0.15) is 6.92 Å². The number of aliphatic hydroxyl groups excluding tert-OH is 8. The standard InChI is InChI=1S/C14H27NO10/c1-2-15(13-11(22)9(20)7(18)5(3-16)24-13)14-12(23)10(21)8(19)6(4-17)25-14/h5-14,16-23H,2-4H2,1H3/t5-,6-,7-,8-,9+,10+,11-,12-,13-,14-/m1/s1. The second-order valence-corrected chi connectivity index (χ2v) is 6.27. The number of likely N-dealkylation sites (N-methyl/N-ethyl adjacent to an activating group) is 1. The summed E-state index contributed by atoms with van der Waals surface area (Å²) in [7, 11) is 0. The predicted octanol–water partition coefficient (Wildman–Crippen LogP) is -5.09. The van der Waals surface area contributed by atoms with Crippen LogP contribution in [0.2, 0.25) is 0 Å². The van der Waals surface area contributed by atoms with E-state index in [4.69, 9.17) is 9.47 Å². The molecule has 10 atom stereocenters. The lowest BCUT2D eigenvalue weighted by atomic mass is 9.95. The molecule has 2 fully saturated rings. The summed E-state index contributed by atoms with van der Waals surface area (Å²) in [5.41, 5.74) is 0. The van der Waals surface area contributed by atoms with Crippen LogP contribution in [-0.2, 0) is 9.47 Å². The molecule has 2 heterocycles. The molecule has 0 bridgehead atoms. The highest BCUT2D eigenvalue weighted by Gasteiger charge is 2.51. The van der Waals surface area contributed by atoms with Gasteiger partial charge in [0.1, 0.15) is 61.3 Å². The normalized spacial score (nSPS) is 48.7. The van der Waals surface area contributed by atoms with E-state index in [1.165, 1.54) is 4.90 Å². The summed E-state index contributed by atoms with van der Waals surface area (Å²) < 4.78 is 10.9. The first kappa shape index (κ1) is 20.9. The van der Waals surface area contributed by atoms with Gasteiger partial charge < -0.3 is 50.3 Å². The zero-order chi connectivity index (χ0) is 18.9. The number of nitrogens with zero attached hydrogens (tertiary/aromatic N) is 1. The minimum absolute atomic E-state index is 0.116. The predicted molar refractivity (Wildman–Crippen MR) is 79.9 cm³/mol. The van der Waals surface area contributed by atoms with Crippen LogP contribution >= 0.6 is 0 Å². The Bertz CT molecular complexity index is 388. The fourth-order valence-electron chi connectivity index (χ4n) is 3.22. The first-order valence-corrected chi connectivity index (χ1v) is 8.15. The molecule has 11 nitrogen and oxygen atoms in total. The van der Waals surface area contributed by atoms with Crippen molar-refractivity contribution < 1.29 is 50.3 Å². The van der Waals surface area contributed by atoms with Crippen LogP contribution in [0.15, 0.2) is 0 Å². The largest absolute Gasteiger partial charge is 0.394 e. The van der Waals surface area contributed by atoms with Gasteiger partial charge in [-0.15, -0.1) is 0 Å². The minimum atomic E-state index is -1.62. The molecule has 2 rings (SSSR count). The van der Waals surface area contributed by atoms with Crippen LogP contribution in [0.3, 0.4) is 0 Å². The molecule has 2 aliphatic rings. The van der Waals surface area contributed by atoms with Crippen molar-refractivity contribution >= 4 is 0 Å². The maximum Gasteiger partial charge on any atom is 0.142 e. The molecule has 0 aromatic rings. The van der Waals surface area contributed by atoms with Gasteiger partial charge in [0.05, 0.1) is 13.2 Å². The van der Waals surface area contributed by atoms with E-state index in [2.05, 4.69) is 0 Å². The third-order valence-electron chi connectivity index (χ3n) is 4.75. The van der Waals surface area contributed by atoms with Crippen molar-refractivity contribution in [3.8, 4) is 0 Å². The highest BCUT2D eigenvalue weighted by atomic mass is 16.6. The summed E-state index contributed by atoms with van der Waals surface area (Å²) >= 11 is 0. The molecule has 0 saturated carbocycles. The van der Waals surface area contributed by atoms with E-state index in [1.807, 2.05) is 0 Å². The molecule has 25 heavy (non-hydrogen) atoms. The molecule has 11 heteroatoms. The van der Waals surface area contributed by atoms with Gasteiger partial charge in [-0.1, -0.05) is 6.92 Å². The lowest BCUT2D eigenvalue weighted by Gasteiger charge is -2.50. The quantitative estimate of drug-likeness (QED) is 0.232. The Morgan fingerprint density at radius 3 is 1.28 bits per heavy atom. The first-order valence-electron chi connectivity index (χ1n) is 8.15. The maximum absolute atomic E-state index is 10.2. The van der Waals surface area contributed by atoms with E-state index < -0.39 is 74.5 Å². The Morgan fingerprint density at radius 1 is 0.640 bits per heavy atom. The average Bonchev–Trinajstić information content (AvgIpc) is 2.61. The maximum atomic E-state index is 10.2. The second kappa shape index (κ2) is 8.50. The molecular weight excluding hydrogens is 342 g/mol. The topological polar surface area (TPSA) is 184 Å². The summed E-state index contributed by atoms with van der Waals surface area (Å²) in [6.07, 6.45) is -14.3. The first-order chi connectivity index (χ1) is 11.8. The van der Waals surface area contributed by atoms with Crippen molar-refractivity contribution in [3.05, 3.63) is 0 Å². The van der Waals surface area contributed by atoms with E-state index >= 15 is 0 Å². The monoisotopic (exact) mass is 369 g/mol. The van der Waals surface area contributed by atoms with E-state index in [0.29, 0.717) is 0 Å². The van der Waals surface area contributed by atoms with Crippen molar-refractivity contribution in [2.75, 3.05) is 19.8 Å². The Labute approximate surface area is 144 Å². The van der Waals surface area contributed by atoms with Crippen LogP contribution in [0.25, 0.3) is 0 Å². The summed E-state index contributed by atoms with van der Waals surface area (Å²) in [4.78, 5) is 1.27. The van der Waals surface area contributed by atoms with Crippen molar-refractivity contribution in [2.24, 2.45) is 0 Å². The zero-order valence-corrected chi connectivity index (χ0v) is 13.7. The molecule has 0 radical (unpaired) electrons. The summed E-state index contributed by atoms with van der Waals surface area (Å²) in [6, 6.07) is 0. The van der Waals surface area contributed by atoms with Crippen molar-refractivity contribution in [3.63, 3.8) is 0 Å². The van der Waals surface area contributed by atoms with Crippen LogP contribution in [0, 0.1) is 0 Å². The van der Waals surface area contributed by atoms with Crippen molar-refractivity contribution in [1.29, 1.82) is 0 Å². The Balaban J connectivity index is 2.25. The number of hydrogen-bond acceptors (Lipinski definition) is 11. The second-order valence-electron chi connectivity index (χ2n) is 6.27. The van der Waals surface area contributed by atoms with Crippen molar-refractivity contribution in [2.45, 2.75) is 68.2 Å². The van der Waals surface area contributed by atoms with Crippen LogP contribution in [-0.4, -0.2) is 127 Å². The van der Waals surface area contributed by atoms with Gasteiger partial charge in [-0.2, -0.15) is 0 Å². The lowest BCUT2D eigenvalue weighted by molar-refractivity contribution is -0.322. The molecule has 0 aromatic heterocycles. The molecule has 0 amide bonds. The van der Waals surface area contributed by atoms with Gasteiger partial charge in [-0.05, 0) is 0 Å². The SMILES string of the molecule is CCN([C@@H]1O[C@H](CO)[C@@H](O)[C@H](O)[C@H]1O)[C@@H]1O[C@H](CO)[C@@H](O)[C@H](O)[C@H]1O. The van der Waals surface area contributed by atoms with Crippen LogP contribution in [0.5, 0.6) is 0 Å². The molecule has 2 saturated heterocycles. The van der Waals surface area contributed by atoms with Gasteiger partial charge in [-0.3, -0.25) is 0 Å². The highest BCUT2D eigenvalue weighted by molar-refractivity contribution is 4.97. The van der Waals surface area contributed by atoms with Crippen molar-refractivity contribution in [1.82, 2.24) is 4.90 Å². The Kier molecular flexibility index (Phi) is 7.09. The molecular formula is C14H27NO10. The zero-order valence-electron chi connectivity index (χ0n) is 13.7. The van der Waals surface area contributed by atoms with E-state index in [9.17, 15) is 40.9 Å². The third-order valence-corrected chi connectivity index (χ3v) is 4.75. The van der Waals surface area contributed by atoms with Gasteiger partial charge in [0.25, 0.3) is 0 Å². The van der Waals surface area contributed by atoms with Gasteiger partial charge in [0.2, 0.25) is 0 Å². The van der Waals surface area contributed by atoms with Gasteiger partial charge >= 0.3 is 0 Å². The van der Waals surface area contributed by atoms with Gasteiger partial charge in [0, 0.05) is 6.54 Å². The van der Waals surface area contributed by atoms with Crippen LogP contribution < -0.4 is 0 Å². The Hall–Kier alpha value is -0.440. The fraction of sp³-hybridized carbons (Fsp3) is 1.00. The highest BCUT2D eigenvalue weighted by Crippen LogP contribution is 2.30. The molecule has 148 valence electrons. The summed E-state index contributed by atoms with van der Waals surface area (Å²) in [5, 5.41) is 78.5. The van der Waals surface area contributed by atoms with E-state index in [0.717, 1.165) is 0 Å². The number of rotatable bonds is 5. The number of aliphatic hydroxyl groups is 8. The van der Waals surface area contributed by atoms with Crippen LogP contribution in [0.4, 0.5) is 0 Å². The molecule has 0 aromatic carbocycles. The molecule has 0 unspecified atom stereocenters.